The number of rotatable bonds is 5. The highest BCUT2D eigenvalue weighted by Crippen LogP contribution is 2.25. The minimum absolute atomic E-state index is 0.0703. The van der Waals surface area contributed by atoms with Gasteiger partial charge in [0.15, 0.2) is 0 Å². The van der Waals surface area contributed by atoms with Crippen molar-refractivity contribution in [2.45, 2.75) is 18.4 Å². The Hall–Kier alpha value is -2.83. The highest BCUT2D eigenvalue weighted by atomic mass is 32.2. The summed E-state index contributed by atoms with van der Waals surface area (Å²) < 4.78 is 29.8. The largest absolute Gasteiger partial charge is 0.330 e. The molecular weight excluding hydrogens is 414 g/mol. The van der Waals surface area contributed by atoms with Gasteiger partial charge in [-0.05, 0) is 12.5 Å². The van der Waals surface area contributed by atoms with E-state index in [0.717, 1.165) is 10.6 Å². The monoisotopic (exact) mass is 437 g/mol. The smallest absolute Gasteiger partial charge is 0.299 e. The van der Waals surface area contributed by atoms with Crippen LogP contribution in [-0.2, 0) is 30.7 Å². The fraction of sp³-hybridized carbons (Fsp3) is 0.444. The molecule has 0 radical (unpaired) electrons. The number of hydrogen-bond donors (Lipinski definition) is 0. The second kappa shape index (κ2) is 8.13. The molecule has 1 aromatic carbocycles. The van der Waals surface area contributed by atoms with Crippen LogP contribution in [0.5, 0.6) is 0 Å². The third-order valence-electron chi connectivity index (χ3n) is 5.34. The predicted molar refractivity (Wildman–Crippen MR) is 109 cm³/mol. The van der Waals surface area contributed by atoms with Crippen LogP contribution in [0.2, 0.25) is 0 Å². The Morgan fingerprint density at radius 2 is 1.67 bits per heavy atom. The predicted octanol–water partition coefficient (Wildman–Crippen LogP) is -0.193. The van der Waals surface area contributed by atoms with Gasteiger partial charge in [0.1, 0.15) is 0 Å². The topological polar surface area (TPSA) is 128 Å². The number of non-ortho nitro benzene ring substituents is 1. The molecular formula is C18H23N5O6S. The first-order chi connectivity index (χ1) is 14.0. The number of nitrogens with zero attached hydrogens (tertiary/aromatic N) is 5. The molecule has 12 heteroatoms. The van der Waals surface area contributed by atoms with Gasteiger partial charge in [-0.25, -0.2) is 13.2 Å². The van der Waals surface area contributed by atoms with Crippen molar-refractivity contribution in [1.29, 1.82) is 0 Å². The quantitative estimate of drug-likeness (QED) is 0.468. The van der Waals surface area contributed by atoms with E-state index in [4.69, 9.17) is 0 Å². The molecule has 0 spiro atoms. The molecule has 1 aliphatic heterocycles. The van der Waals surface area contributed by atoms with Crippen molar-refractivity contribution >= 4 is 15.7 Å². The van der Waals surface area contributed by atoms with Crippen LogP contribution in [0, 0.1) is 17.0 Å². The first kappa shape index (κ1) is 21.9. The number of nitro groups is 1. The lowest BCUT2D eigenvalue weighted by Gasteiger charge is -2.34. The minimum atomic E-state index is -3.88. The average Bonchev–Trinajstić information content (AvgIpc) is 2.70. The molecule has 2 aromatic rings. The molecule has 0 unspecified atom stereocenters. The van der Waals surface area contributed by atoms with E-state index >= 15 is 0 Å². The highest BCUT2D eigenvalue weighted by molar-refractivity contribution is 7.89. The summed E-state index contributed by atoms with van der Waals surface area (Å²) in [6.07, 6.45) is 0. The lowest BCUT2D eigenvalue weighted by molar-refractivity contribution is -0.385. The Morgan fingerprint density at radius 1 is 1.03 bits per heavy atom. The van der Waals surface area contributed by atoms with Gasteiger partial charge in [-0.15, -0.1) is 0 Å². The highest BCUT2D eigenvalue weighted by Gasteiger charge is 2.31. The molecule has 0 amide bonds. The molecule has 0 N–H and O–H groups in total. The standard InChI is InChI=1S/C18H23N5O6S/c1-13-4-5-14(23(26)27)10-16(13)30(28,29)22-8-6-21(7-9-22)12-15-11-17(24)20(3)18(25)19(15)2/h4-5,10-11H,6-9,12H2,1-3H3. The van der Waals surface area contributed by atoms with E-state index in [1.807, 2.05) is 4.90 Å². The van der Waals surface area contributed by atoms with Crippen molar-refractivity contribution in [3.63, 3.8) is 0 Å². The number of aromatic nitrogens is 2. The Bertz CT molecular complexity index is 1210. The molecule has 1 saturated heterocycles. The lowest BCUT2D eigenvalue weighted by Crippen LogP contribution is -2.49. The van der Waals surface area contributed by atoms with Gasteiger partial charge in [0, 0.05) is 70.7 Å². The first-order valence-electron chi connectivity index (χ1n) is 9.26. The third kappa shape index (κ3) is 4.06. The maximum Gasteiger partial charge on any atom is 0.330 e. The lowest BCUT2D eigenvalue weighted by atomic mass is 10.2. The number of nitro benzene ring substituents is 1. The van der Waals surface area contributed by atoms with Crippen LogP contribution < -0.4 is 11.2 Å². The Balaban J connectivity index is 1.76. The molecule has 1 aliphatic rings. The van der Waals surface area contributed by atoms with Gasteiger partial charge in [0.05, 0.1) is 9.82 Å². The van der Waals surface area contributed by atoms with Crippen molar-refractivity contribution in [3.8, 4) is 0 Å². The SMILES string of the molecule is Cc1ccc([N+](=O)[O-])cc1S(=O)(=O)N1CCN(Cc2cc(=O)n(C)c(=O)n2C)CC1. The summed E-state index contributed by atoms with van der Waals surface area (Å²) in [5, 5.41) is 11.0. The van der Waals surface area contributed by atoms with Crippen LogP contribution in [-0.4, -0.2) is 57.9 Å². The molecule has 0 bridgehead atoms. The van der Waals surface area contributed by atoms with E-state index in [0.29, 0.717) is 30.9 Å². The van der Waals surface area contributed by atoms with Gasteiger partial charge in [-0.2, -0.15) is 4.31 Å². The maximum absolute atomic E-state index is 13.0. The van der Waals surface area contributed by atoms with E-state index in [9.17, 15) is 28.1 Å². The number of sulfonamides is 1. The average molecular weight is 437 g/mol. The van der Waals surface area contributed by atoms with Crippen molar-refractivity contribution in [3.05, 3.63) is 66.5 Å². The van der Waals surface area contributed by atoms with Crippen LogP contribution in [0.15, 0.2) is 38.8 Å². The molecule has 30 heavy (non-hydrogen) atoms. The van der Waals surface area contributed by atoms with Crippen molar-refractivity contribution < 1.29 is 13.3 Å². The van der Waals surface area contributed by atoms with Crippen molar-refractivity contribution in [2.24, 2.45) is 14.1 Å². The van der Waals surface area contributed by atoms with Gasteiger partial charge in [0.2, 0.25) is 10.0 Å². The van der Waals surface area contributed by atoms with Gasteiger partial charge in [-0.1, -0.05) is 6.07 Å². The van der Waals surface area contributed by atoms with Crippen LogP contribution in [0.3, 0.4) is 0 Å². The summed E-state index contributed by atoms with van der Waals surface area (Å²) in [6.45, 7) is 3.13. The third-order valence-corrected chi connectivity index (χ3v) is 7.38. The number of benzene rings is 1. The van der Waals surface area contributed by atoms with Crippen LogP contribution in [0.4, 0.5) is 5.69 Å². The Morgan fingerprint density at radius 3 is 2.27 bits per heavy atom. The number of piperazine rings is 1. The fourth-order valence-corrected chi connectivity index (χ4v) is 5.07. The van der Waals surface area contributed by atoms with E-state index in [1.165, 1.54) is 34.1 Å². The van der Waals surface area contributed by atoms with Gasteiger partial charge in [-0.3, -0.25) is 28.9 Å². The summed E-state index contributed by atoms with van der Waals surface area (Å²) in [4.78, 5) is 36.3. The first-order valence-corrected chi connectivity index (χ1v) is 10.7. The normalized spacial score (nSPS) is 16.0. The Labute approximate surface area is 173 Å². The van der Waals surface area contributed by atoms with E-state index < -0.39 is 26.2 Å². The second-order valence-electron chi connectivity index (χ2n) is 7.26. The van der Waals surface area contributed by atoms with Crippen LogP contribution >= 0.6 is 0 Å². The van der Waals surface area contributed by atoms with Crippen LogP contribution in [0.25, 0.3) is 0 Å². The van der Waals surface area contributed by atoms with Crippen LogP contribution in [0.1, 0.15) is 11.3 Å². The molecule has 3 rings (SSSR count). The number of hydrogen-bond acceptors (Lipinski definition) is 7. The fourth-order valence-electron chi connectivity index (χ4n) is 3.41. The molecule has 1 aromatic heterocycles. The van der Waals surface area contributed by atoms with Gasteiger partial charge < -0.3 is 0 Å². The summed E-state index contributed by atoms with van der Waals surface area (Å²) in [5.74, 6) is 0. The summed E-state index contributed by atoms with van der Waals surface area (Å²) in [5.41, 5.74) is -0.0909. The zero-order chi connectivity index (χ0) is 22.2. The summed E-state index contributed by atoms with van der Waals surface area (Å²) in [7, 11) is -0.882. The van der Waals surface area contributed by atoms with Crippen molar-refractivity contribution in [2.75, 3.05) is 26.2 Å². The summed E-state index contributed by atoms with van der Waals surface area (Å²) >= 11 is 0. The van der Waals surface area contributed by atoms with E-state index in [-0.39, 0.29) is 23.7 Å². The van der Waals surface area contributed by atoms with Gasteiger partial charge >= 0.3 is 5.69 Å². The molecule has 0 aliphatic carbocycles. The molecule has 11 nitrogen and oxygen atoms in total. The van der Waals surface area contributed by atoms with Gasteiger partial charge in [0.25, 0.3) is 11.2 Å². The number of aryl methyl sites for hydroxylation is 1. The zero-order valence-electron chi connectivity index (χ0n) is 16.9. The maximum atomic E-state index is 13.0. The zero-order valence-corrected chi connectivity index (χ0v) is 17.8. The molecule has 0 saturated carbocycles. The second-order valence-corrected chi connectivity index (χ2v) is 9.17. The van der Waals surface area contributed by atoms with E-state index in [2.05, 4.69) is 0 Å². The minimum Gasteiger partial charge on any atom is -0.299 e. The summed E-state index contributed by atoms with van der Waals surface area (Å²) in [6, 6.07) is 5.20. The van der Waals surface area contributed by atoms with Crippen molar-refractivity contribution in [1.82, 2.24) is 18.3 Å². The Kier molecular flexibility index (Phi) is 5.92. The molecule has 1 fully saturated rings. The molecule has 0 atom stereocenters. The molecule has 2 heterocycles. The molecule has 162 valence electrons. The van der Waals surface area contributed by atoms with E-state index in [1.54, 1.807) is 14.0 Å².